The van der Waals surface area contributed by atoms with Crippen LogP contribution < -0.4 is 5.73 Å². The maximum Gasteiger partial charge on any atom is 0.180 e. The van der Waals surface area contributed by atoms with Crippen molar-refractivity contribution in [3.05, 3.63) is 45.8 Å². The Kier molecular flexibility index (Phi) is 4.76. The highest BCUT2D eigenvalue weighted by Crippen LogP contribution is 2.14. The average Bonchev–Trinajstić information content (AvgIpc) is 2.82. The van der Waals surface area contributed by atoms with Crippen LogP contribution in [0, 0.1) is 3.57 Å². The number of hydrogen-bond donors (Lipinski definition) is 1. The average molecular weight is 421 g/mol. The second-order valence-corrected chi connectivity index (χ2v) is 7.93. The van der Waals surface area contributed by atoms with E-state index in [0.717, 1.165) is 3.57 Å². The lowest BCUT2D eigenvalue weighted by atomic mass is 10.2. The molecule has 0 aliphatic heterocycles. The molecule has 1 aromatic heterocycles. The summed E-state index contributed by atoms with van der Waals surface area (Å²) in [5.74, 6) is -0.0223. The zero-order valence-corrected chi connectivity index (χ0v) is 14.2. The molecule has 0 aliphatic rings. The molecule has 0 amide bonds. The van der Waals surface area contributed by atoms with Crippen LogP contribution in [0.15, 0.2) is 41.6 Å². The lowest BCUT2D eigenvalue weighted by Gasteiger charge is -2.06. The van der Waals surface area contributed by atoms with Gasteiger partial charge < -0.3 is 5.73 Å². The molecule has 2 N–H and O–H groups in total. The summed E-state index contributed by atoms with van der Waals surface area (Å²) in [6, 6.07) is 6.38. The third kappa shape index (κ3) is 3.76. The maximum atomic E-state index is 12.3. The van der Waals surface area contributed by atoms with Gasteiger partial charge in [-0.3, -0.25) is 4.68 Å². The van der Waals surface area contributed by atoms with Gasteiger partial charge in [-0.15, -0.1) is 0 Å². The first-order valence-electron chi connectivity index (χ1n) is 5.69. The van der Waals surface area contributed by atoms with Crippen molar-refractivity contribution in [1.29, 1.82) is 0 Å². The van der Waals surface area contributed by atoms with Crippen molar-refractivity contribution >= 4 is 49.6 Å². The molecular weight excluding hydrogens is 409 g/mol. The lowest BCUT2D eigenvalue weighted by Crippen LogP contribution is -2.15. The first-order chi connectivity index (χ1) is 9.38. The smallest absolute Gasteiger partial charge is 0.180 e. The third-order valence-electron chi connectivity index (χ3n) is 2.67. The van der Waals surface area contributed by atoms with Crippen molar-refractivity contribution in [1.82, 2.24) is 9.78 Å². The van der Waals surface area contributed by atoms with Gasteiger partial charge in [0.15, 0.2) is 9.84 Å². The van der Waals surface area contributed by atoms with Gasteiger partial charge in [-0.25, -0.2) is 8.42 Å². The Morgan fingerprint density at radius 3 is 2.80 bits per heavy atom. The molecule has 8 heteroatoms. The number of halogens is 1. The van der Waals surface area contributed by atoms with Gasteiger partial charge in [0.05, 0.1) is 27.0 Å². The predicted molar refractivity (Wildman–Crippen MR) is 89.3 cm³/mol. The zero-order chi connectivity index (χ0) is 14.8. The second-order valence-electron chi connectivity index (χ2n) is 4.13. The van der Waals surface area contributed by atoms with E-state index in [2.05, 4.69) is 27.7 Å². The fourth-order valence-electron chi connectivity index (χ4n) is 1.64. The van der Waals surface area contributed by atoms with E-state index in [0.29, 0.717) is 12.1 Å². The van der Waals surface area contributed by atoms with Crippen molar-refractivity contribution in [2.45, 2.75) is 11.4 Å². The Morgan fingerprint density at radius 1 is 1.45 bits per heavy atom. The molecule has 20 heavy (non-hydrogen) atoms. The van der Waals surface area contributed by atoms with E-state index in [4.69, 9.17) is 18.0 Å². The highest BCUT2D eigenvalue weighted by atomic mass is 127. The van der Waals surface area contributed by atoms with Gasteiger partial charge >= 0.3 is 0 Å². The number of rotatable bonds is 5. The van der Waals surface area contributed by atoms with Crippen molar-refractivity contribution in [3.63, 3.8) is 0 Å². The van der Waals surface area contributed by atoms with Gasteiger partial charge in [0.25, 0.3) is 0 Å². The number of aryl methyl sites for hydroxylation is 1. The molecule has 0 unspecified atom stereocenters. The van der Waals surface area contributed by atoms with Gasteiger partial charge in [-0.1, -0.05) is 24.4 Å². The van der Waals surface area contributed by atoms with Crippen LogP contribution in [-0.4, -0.2) is 28.9 Å². The lowest BCUT2D eigenvalue weighted by molar-refractivity contribution is 0.580. The van der Waals surface area contributed by atoms with E-state index < -0.39 is 9.84 Å². The Hall–Kier alpha value is -1.00. The Morgan fingerprint density at radius 2 is 2.20 bits per heavy atom. The fraction of sp³-hybridized carbons (Fsp3) is 0.167. The van der Waals surface area contributed by atoms with Crippen LogP contribution in [0.5, 0.6) is 0 Å². The summed E-state index contributed by atoms with van der Waals surface area (Å²) in [5, 5.41) is 4.06. The molecule has 2 aromatic rings. The van der Waals surface area contributed by atoms with Crippen LogP contribution in [0.1, 0.15) is 5.56 Å². The Bertz CT molecular complexity index is 741. The summed E-state index contributed by atoms with van der Waals surface area (Å²) >= 11 is 6.98. The molecule has 0 bridgehead atoms. The van der Waals surface area contributed by atoms with Crippen molar-refractivity contribution < 1.29 is 8.42 Å². The highest BCUT2D eigenvalue weighted by molar-refractivity contribution is 14.1. The Labute approximate surface area is 136 Å². The summed E-state index contributed by atoms with van der Waals surface area (Å²) in [5.41, 5.74) is 6.07. The van der Waals surface area contributed by atoms with E-state index in [-0.39, 0.29) is 15.6 Å². The number of aromatic nitrogens is 2. The van der Waals surface area contributed by atoms with Crippen molar-refractivity contribution in [2.75, 3.05) is 5.75 Å². The number of benzene rings is 1. The van der Waals surface area contributed by atoms with E-state index in [9.17, 15) is 8.42 Å². The quantitative estimate of drug-likeness (QED) is 0.586. The molecule has 1 aromatic carbocycles. The number of nitrogens with two attached hydrogens (primary N) is 1. The minimum absolute atomic E-state index is 0.0223. The standard InChI is InChI=1S/C12H12IN3O2S2/c13-10-7-15-16(8-10)4-5-20(17,18)11-3-1-2-9(6-11)12(14)19/h1-3,6-8H,4-5H2,(H2,14,19). The Balaban J connectivity index is 2.17. The van der Waals surface area contributed by atoms with Gasteiger partial charge in [0.1, 0.15) is 4.99 Å². The van der Waals surface area contributed by atoms with Crippen LogP contribution in [0.3, 0.4) is 0 Å². The maximum absolute atomic E-state index is 12.3. The van der Waals surface area contributed by atoms with E-state index in [1.54, 1.807) is 35.3 Å². The summed E-state index contributed by atoms with van der Waals surface area (Å²) < 4.78 is 27.1. The molecule has 5 nitrogen and oxygen atoms in total. The van der Waals surface area contributed by atoms with E-state index >= 15 is 0 Å². The number of hydrogen-bond acceptors (Lipinski definition) is 4. The van der Waals surface area contributed by atoms with Crippen molar-refractivity contribution in [2.24, 2.45) is 5.73 Å². The summed E-state index contributed by atoms with van der Waals surface area (Å²) in [4.78, 5) is 0.410. The minimum atomic E-state index is -3.38. The molecule has 1 heterocycles. The molecule has 0 radical (unpaired) electrons. The molecule has 0 fully saturated rings. The minimum Gasteiger partial charge on any atom is -0.389 e. The van der Waals surface area contributed by atoms with Crippen LogP contribution in [0.2, 0.25) is 0 Å². The molecule has 0 saturated heterocycles. The predicted octanol–water partition coefficient (Wildman–Crippen LogP) is 1.60. The molecule has 0 saturated carbocycles. The molecule has 2 rings (SSSR count). The van der Waals surface area contributed by atoms with Crippen LogP contribution >= 0.6 is 34.8 Å². The van der Waals surface area contributed by atoms with Crippen LogP contribution in [-0.2, 0) is 16.4 Å². The third-order valence-corrected chi connectivity index (χ3v) is 5.15. The van der Waals surface area contributed by atoms with Gasteiger partial charge in [-0.05, 0) is 34.7 Å². The first kappa shape index (κ1) is 15.4. The van der Waals surface area contributed by atoms with Crippen LogP contribution in [0.25, 0.3) is 0 Å². The molecule has 106 valence electrons. The number of nitrogens with zero attached hydrogens (tertiary/aromatic N) is 2. The van der Waals surface area contributed by atoms with Gasteiger partial charge in [-0.2, -0.15) is 5.10 Å². The molecule has 0 spiro atoms. The van der Waals surface area contributed by atoms with Gasteiger partial charge in [0, 0.05) is 11.8 Å². The highest BCUT2D eigenvalue weighted by Gasteiger charge is 2.15. The number of thiocarbonyl (C=S) groups is 1. The first-order valence-corrected chi connectivity index (χ1v) is 8.83. The zero-order valence-electron chi connectivity index (χ0n) is 10.4. The van der Waals surface area contributed by atoms with Crippen LogP contribution in [0.4, 0.5) is 0 Å². The molecule has 0 aliphatic carbocycles. The molecule has 0 atom stereocenters. The monoisotopic (exact) mass is 421 g/mol. The normalized spacial score (nSPS) is 11.4. The SMILES string of the molecule is NC(=S)c1cccc(S(=O)(=O)CCn2cc(I)cn2)c1. The topological polar surface area (TPSA) is 78.0 Å². The number of sulfone groups is 1. The van der Waals surface area contributed by atoms with E-state index in [1.165, 1.54) is 6.07 Å². The van der Waals surface area contributed by atoms with Crippen molar-refractivity contribution in [3.8, 4) is 0 Å². The van der Waals surface area contributed by atoms with E-state index in [1.807, 2.05) is 0 Å². The molecular formula is C12H12IN3O2S2. The summed E-state index contributed by atoms with van der Waals surface area (Å²) in [7, 11) is -3.38. The van der Waals surface area contributed by atoms with Gasteiger partial charge in [0.2, 0.25) is 0 Å². The largest absolute Gasteiger partial charge is 0.389 e. The summed E-state index contributed by atoms with van der Waals surface area (Å²) in [6.07, 6.45) is 3.47. The fourth-order valence-corrected chi connectivity index (χ4v) is 3.46. The summed E-state index contributed by atoms with van der Waals surface area (Å²) in [6.45, 7) is 0.308. The second kappa shape index (κ2) is 6.19.